The van der Waals surface area contributed by atoms with E-state index in [1.807, 2.05) is 27.0 Å². The summed E-state index contributed by atoms with van der Waals surface area (Å²) in [6, 6.07) is 0. The molecule has 0 heterocycles. The van der Waals surface area contributed by atoms with Crippen LogP contribution in [0.1, 0.15) is 40.5 Å². The van der Waals surface area contributed by atoms with Crippen LogP contribution >= 0.6 is 0 Å². The van der Waals surface area contributed by atoms with Crippen molar-refractivity contribution < 1.29 is 4.79 Å². The van der Waals surface area contributed by atoms with Crippen LogP contribution in [0.15, 0.2) is 5.10 Å². The van der Waals surface area contributed by atoms with Crippen molar-refractivity contribution in [1.29, 1.82) is 0 Å². The average Bonchev–Trinajstić information content (AvgIpc) is 2.66. The molecule has 0 aliphatic heterocycles. The van der Waals surface area contributed by atoms with E-state index in [4.69, 9.17) is 0 Å². The van der Waals surface area contributed by atoms with Crippen molar-refractivity contribution in [3.63, 3.8) is 0 Å². The van der Waals surface area contributed by atoms with Gasteiger partial charge in [-0.05, 0) is 12.8 Å². The van der Waals surface area contributed by atoms with Gasteiger partial charge in [0.05, 0.1) is 0 Å². The summed E-state index contributed by atoms with van der Waals surface area (Å²) in [5.74, 6) is -0.0343. The van der Waals surface area contributed by atoms with E-state index in [1.165, 1.54) is 12.8 Å². The molecule has 1 N–H and O–H groups in total. The molecule has 74 valence electrons. The SMILES string of the molecule is CC1(/C=N/NC(=O)C(C)(C)C)CC1. The molecule has 13 heavy (non-hydrogen) atoms. The third kappa shape index (κ3) is 3.17. The molecule has 1 aliphatic rings. The average molecular weight is 182 g/mol. The molecule has 1 amide bonds. The summed E-state index contributed by atoms with van der Waals surface area (Å²) in [5.41, 5.74) is 2.45. The van der Waals surface area contributed by atoms with Crippen LogP contribution in [0.3, 0.4) is 0 Å². The van der Waals surface area contributed by atoms with Gasteiger partial charge in [0.2, 0.25) is 5.91 Å². The highest BCUT2D eigenvalue weighted by Gasteiger charge is 2.35. The Labute approximate surface area is 79.6 Å². The Morgan fingerprint density at radius 3 is 2.38 bits per heavy atom. The second-order valence-corrected chi connectivity index (χ2v) is 5.10. The molecule has 1 rings (SSSR count). The number of amides is 1. The molecular weight excluding hydrogens is 164 g/mol. The third-order valence-electron chi connectivity index (χ3n) is 2.26. The van der Waals surface area contributed by atoms with Crippen molar-refractivity contribution in [2.45, 2.75) is 40.5 Å². The lowest BCUT2D eigenvalue weighted by Gasteiger charge is -2.14. The van der Waals surface area contributed by atoms with Crippen LogP contribution in [-0.2, 0) is 4.79 Å². The summed E-state index contributed by atoms with van der Waals surface area (Å²) in [4.78, 5) is 11.3. The zero-order chi connectivity index (χ0) is 10.1. The van der Waals surface area contributed by atoms with E-state index in [-0.39, 0.29) is 16.7 Å². The number of rotatable bonds is 2. The Bertz CT molecular complexity index is 234. The minimum absolute atomic E-state index is 0.0343. The summed E-state index contributed by atoms with van der Waals surface area (Å²) in [7, 11) is 0. The van der Waals surface area contributed by atoms with Gasteiger partial charge in [0.1, 0.15) is 0 Å². The van der Waals surface area contributed by atoms with Gasteiger partial charge in [-0.25, -0.2) is 5.43 Å². The van der Waals surface area contributed by atoms with Crippen molar-refractivity contribution >= 4 is 12.1 Å². The highest BCUT2D eigenvalue weighted by atomic mass is 16.2. The lowest BCUT2D eigenvalue weighted by molar-refractivity contribution is -0.128. The summed E-state index contributed by atoms with van der Waals surface area (Å²) in [5, 5.41) is 3.95. The molecule has 1 saturated carbocycles. The van der Waals surface area contributed by atoms with Gasteiger partial charge in [-0.1, -0.05) is 27.7 Å². The first kappa shape index (κ1) is 10.2. The van der Waals surface area contributed by atoms with Crippen LogP contribution in [-0.4, -0.2) is 12.1 Å². The number of nitrogens with one attached hydrogen (secondary N) is 1. The first-order valence-electron chi connectivity index (χ1n) is 4.68. The fraction of sp³-hybridized carbons (Fsp3) is 0.800. The van der Waals surface area contributed by atoms with Crippen LogP contribution in [0.25, 0.3) is 0 Å². The molecule has 0 unspecified atom stereocenters. The van der Waals surface area contributed by atoms with Crippen LogP contribution in [0.5, 0.6) is 0 Å². The number of carbonyl (C=O) groups is 1. The van der Waals surface area contributed by atoms with Gasteiger partial charge in [-0.2, -0.15) is 5.10 Å². The summed E-state index contributed by atoms with van der Waals surface area (Å²) < 4.78 is 0. The third-order valence-corrected chi connectivity index (χ3v) is 2.26. The maximum absolute atomic E-state index is 11.3. The van der Waals surface area contributed by atoms with Gasteiger partial charge in [-0.3, -0.25) is 4.79 Å². The molecule has 0 spiro atoms. The number of carbonyl (C=O) groups excluding carboxylic acids is 1. The predicted octanol–water partition coefficient (Wildman–Crippen LogP) is 1.93. The van der Waals surface area contributed by atoms with Gasteiger partial charge in [-0.15, -0.1) is 0 Å². The van der Waals surface area contributed by atoms with Crippen molar-refractivity contribution in [3.05, 3.63) is 0 Å². The van der Waals surface area contributed by atoms with Crippen LogP contribution < -0.4 is 5.43 Å². The number of hydrogen-bond acceptors (Lipinski definition) is 2. The predicted molar refractivity (Wildman–Crippen MR) is 53.4 cm³/mol. The second kappa shape index (κ2) is 3.13. The molecule has 0 aromatic heterocycles. The lowest BCUT2D eigenvalue weighted by Crippen LogP contribution is -2.31. The van der Waals surface area contributed by atoms with Crippen molar-refractivity contribution in [1.82, 2.24) is 5.43 Å². The Hall–Kier alpha value is -0.860. The molecule has 3 heteroatoms. The standard InChI is InChI=1S/C10H18N2O/c1-9(2,3)8(13)12-11-7-10(4)5-6-10/h7H,5-6H2,1-4H3,(H,12,13)/b11-7+. The monoisotopic (exact) mass is 182 g/mol. The molecule has 1 aliphatic carbocycles. The molecule has 3 nitrogen and oxygen atoms in total. The first-order valence-corrected chi connectivity index (χ1v) is 4.68. The Morgan fingerprint density at radius 1 is 1.46 bits per heavy atom. The van der Waals surface area contributed by atoms with Gasteiger partial charge < -0.3 is 0 Å². The molecular formula is C10H18N2O. The Balaban J connectivity index is 2.34. The maximum atomic E-state index is 11.3. The normalized spacial score (nSPS) is 20.3. The Morgan fingerprint density at radius 2 is 2.00 bits per heavy atom. The van der Waals surface area contributed by atoms with Crippen LogP contribution in [0.4, 0.5) is 0 Å². The molecule has 0 bridgehead atoms. The quantitative estimate of drug-likeness (QED) is 0.514. The summed E-state index contributed by atoms with van der Waals surface area (Å²) >= 11 is 0. The van der Waals surface area contributed by atoms with Crippen molar-refractivity contribution in [2.24, 2.45) is 15.9 Å². The smallest absolute Gasteiger partial charge is 0.245 e. The van der Waals surface area contributed by atoms with E-state index >= 15 is 0 Å². The summed E-state index contributed by atoms with van der Waals surface area (Å²) in [6.45, 7) is 7.75. The number of hydrogen-bond donors (Lipinski definition) is 1. The molecule has 1 fully saturated rings. The van der Waals surface area contributed by atoms with Crippen LogP contribution in [0, 0.1) is 10.8 Å². The van der Waals surface area contributed by atoms with Crippen LogP contribution in [0.2, 0.25) is 0 Å². The fourth-order valence-electron chi connectivity index (χ4n) is 0.741. The highest BCUT2D eigenvalue weighted by Crippen LogP contribution is 2.42. The topological polar surface area (TPSA) is 41.5 Å². The second-order valence-electron chi connectivity index (χ2n) is 5.10. The van der Waals surface area contributed by atoms with Gasteiger partial charge in [0, 0.05) is 17.0 Å². The number of nitrogens with zero attached hydrogens (tertiary/aromatic N) is 1. The van der Waals surface area contributed by atoms with E-state index in [9.17, 15) is 4.79 Å². The lowest BCUT2D eigenvalue weighted by atomic mass is 9.96. The van der Waals surface area contributed by atoms with E-state index in [0.717, 1.165) is 0 Å². The largest absolute Gasteiger partial charge is 0.273 e. The number of hydrazone groups is 1. The van der Waals surface area contributed by atoms with Crippen molar-refractivity contribution in [2.75, 3.05) is 0 Å². The fourth-order valence-corrected chi connectivity index (χ4v) is 0.741. The molecule has 0 atom stereocenters. The van der Waals surface area contributed by atoms with E-state index < -0.39 is 0 Å². The maximum Gasteiger partial charge on any atom is 0.245 e. The van der Waals surface area contributed by atoms with Crippen molar-refractivity contribution in [3.8, 4) is 0 Å². The molecule has 0 aromatic carbocycles. The highest BCUT2D eigenvalue weighted by molar-refractivity contribution is 5.82. The van der Waals surface area contributed by atoms with Gasteiger partial charge >= 0.3 is 0 Å². The zero-order valence-corrected chi connectivity index (χ0v) is 8.85. The van der Waals surface area contributed by atoms with Gasteiger partial charge in [0.25, 0.3) is 0 Å². The zero-order valence-electron chi connectivity index (χ0n) is 8.85. The van der Waals surface area contributed by atoms with E-state index in [0.29, 0.717) is 0 Å². The van der Waals surface area contributed by atoms with E-state index in [2.05, 4.69) is 17.5 Å². The molecule has 0 saturated heterocycles. The molecule has 0 aromatic rings. The molecule has 0 radical (unpaired) electrons. The minimum atomic E-state index is -0.359. The summed E-state index contributed by atoms with van der Waals surface area (Å²) in [6.07, 6.45) is 4.21. The van der Waals surface area contributed by atoms with E-state index in [1.54, 1.807) is 0 Å². The Kier molecular flexibility index (Phi) is 2.46. The van der Waals surface area contributed by atoms with Gasteiger partial charge in [0.15, 0.2) is 0 Å². The first-order chi connectivity index (χ1) is 5.83. The minimum Gasteiger partial charge on any atom is -0.273 e.